The van der Waals surface area contributed by atoms with Crippen molar-refractivity contribution in [3.8, 4) is 5.69 Å². The predicted molar refractivity (Wildman–Crippen MR) is 101 cm³/mol. The molecule has 0 atom stereocenters. The zero-order valence-corrected chi connectivity index (χ0v) is 15.2. The first-order valence-corrected chi connectivity index (χ1v) is 8.36. The number of aromatic nitrogens is 2. The van der Waals surface area contributed by atoms with Crippen LogP contribution in [-0.4, -0.2) is 25.6 Å². The molecule has 1 N–H and O–H groups in total. The number of azo groups is 1. The maximum Gasteiger partial charge on any atom is 0.335 e. The third-order valence-corrected chi connectivity index (χ3v) is 4.24. The summed E-state index contributed by atoms with van der Waals surface area (Å²) in [5.74, 6) is -0.692. The van der Waals surface area contributed by atoms with Crippen molar-refractivity contribution in [3.63, 3.8) is 0 Å². The van der Waals surface area contributed by atoms with Crippen LogP contribution in [0.5, 0.6) is 0 Å². The molecule has 0 saturated carbocycles. The van der Waals surface area contributed by atoms with Gasteiger partial charge in [0.2, 0.25) is 0 Å². The fraction of sp³-hybridized carbons (Fsp3) is 0.158. The Labute approximate surface area is 160 Å². The quantitative estimate of drug-likeness (QED) is 0.387. The molecule has 2 heterocycles. The Bertz CT molecular complexity index is 1070. The molecule has 3 rings (SSSR count). The molecule has 28 heavy (non-hydrogen) atoms. The lowest BCUT2D eigenvalue weighted by Crippen LogP contribution is -2.02. The van der Waals surface area contributed by atoms with Crippen molar-refractivity contribution in [2.45, 2.75) is 20.4 Å². The van der Waals surface area contributed by atoms with Crippen LogP contribution in [0.25, 0.3) is 5.69 Å². The van der Waals surface area contributed by atoms with Crippen LogP contribution in [0.2, 0.25) is 0 Å². The highest BCUT2D eigenvalue weighted by molar-refractivity contribution is 5.88. The largest absolute Gasteiger partial charge is 0.478 e. The Morgan fingerprint density at radius 1 is 1.25 bits per heavy atom. The number of pyridine rings is 1. The Kier molecular flexibility index (Phi) is 5.25. The average Bonchev–Trinajstić information content (AvgIpc) is 2.95. The maximum atomic E-state index is 11.2. The van der Waals surface area contributed by atoms with Gasteiger partial charge in [-0.25, -0.2) is 9.78 Å². The molecule has 0 spiro atoms. The van der Waals surface area contributed by atoms with Crippen molar-refractivity contribution in [1.29, 1.82) is 0 Å². The topological polar surface area (TPSA) is 123 Å². The van der Waals surface area contributed by atoms with Crippen molar-refractivity contribution in [2.24, 2.45) is 10.2 Å². The summed E-state index contributed by atoms with van der Waals surface area (Å²) in [6, 6.07) is 11.4. The van der Waals surface area contributed by atoms with Crippen LogP contribution < -0.4 is 0 Å². The highest BCUT2D eigenvalue weighted by Crippen LogP contribution is 2.23. The number of benzene rings is 1. The molecule has 0 radical (unpaired) electrons. The van der Waals surface area contributed by atoms with Gasteiger partial charge in [-0.2, -0.15) is 5.11 Å². The van der Waals surface area contributed by atoms with Crippen LogP contribution in [0.15, 0.2) is 58.9 Å². The number of nitro groups is 1. The van der Waals surface area contributed by atoms with Crippen LogP contribution in [-0.2, 0) is 6.54 Å². The molecule has 0 amide bonds. The Morgan fingerprint density at radius 3 is 2.68 bits per heavy atom. The van der Waals surface area contributed by atoms with E-state index in [0.29, 0.717) is 6.54 Å². The van der Waals surface area contributed by atoms with E-state index in [4.69, 9.17) is 0 Å². The molecule has 0 saturated heterocycles. The summed E-state index contributed by atoms with van der Waals surface area (Å²) in [6.45, 7) is 4.16. The fourth-order valence-electron chi connectivity index (χ4n) is 2.89. The van der Waals surface area contributed by atoms with Gasteiger partial charge in [-0.15, -0.1) is 5.11 Å². The fourth-order valence-corrected chi connectivity index (χ4v) is 2.89. The Hall–Kier alpha value is -3.88. The number of carbonyl (C=O) groups is 1. The molecule has 1 aromatic carbocycles. The monoisotopic (exact) mass is 379 g/mol. The number of nitrogens with zero attached hydrogens (tertiary/aromatic N) is 5. The predicted octanol–water partition coefficient (Wildman–Crippen LogP) is 4.38. The van der Waals surface area contributed by atoms with Gasteiger partial charge in [0.1, 0.15) is 6.20 Å². The second-order valence-corrected chi connectivity index (χ2v) is 6.12. The zero-order valence-electron chi connectivity index (χ0n) is 15.2. The average molecular weight is 379 g/mol. The standard InChI is InChI=1S/C19H17N5O4/c1-12-8-15(10-21-22-18-7-6-17(11-20-18)24(27)28)13(2)23(12)16-5-3-4-14(9-16)19(25)26/h3-9,11H,10H2,1-2H3,(H,25,26). The van der Waals surface area contributed by atoms with Gasteiger partial charge >= 0.3 is 5.97 Å². The summed E-state index contributed by atoms with van der Waals surface area (Å²) in [6.07, 6.45) is 1.13. The maximum absolute atomic E-state index is 11.2. The van der Waals surface area contributed by atoms with Gasteiger partial charge in [-0.05, 0) is 49.7 Å². The van der Waals surface area contributed by atoms with E-state index in [1.807, 2.05) is 30.5 Å². The van der Waals surface area contributed by atoms with Crippen LogP contribution in [0, 0.1) is 24.0 Å². The lowest BCUT2D eigenvalue weighted by atomic mass is 10.2. The number of aromatic carboxylic acids is 1. The van der Waals surface area contributed by atoms with Gasteiger partial charge in [0.05, 0.1) is 17.0 Å². The minimum Gasteiger partial charge on any atom is -0.478 e. The Balaban J connectivity index is 1.81. The van der Waals surface area contributed by atoms with E-state index in [1.54, 1.807) is 18.2 Å². The van der Waals surface area contributed by atoms with E-state index in [0.717, 1.165) is 28.8 Å². The molecule has 0 fully saturated rings. The Morgan fingerprint density at radius 2 is 2.04 bits per heavy atom. The van der Waals surface area contributed by atoms with Crippen molar-refractivity contribution in [1.82, 2.24) is 9.55 Å². The molecule has 142 valence electrons. The lowest BCUT2D eigenvalue weighted by Gasteiger charge is -2.10. The lowest BCUT2D eigenvalue weighted by molar-refractivity contribution is -0.385. The number of hydrogen-bond donors (Lipinski definition) is 1. The van der Waals surface area contributed by atoms with Crippen LogP contribution in [0.3, 0.4) is 0 Å². The molecular formula is C19H17N5O4. The van der Waals surface area contributed by atoms with E-state index in [-0.39, 0.29) is 17.1 Å². The molecule has 0 aliphatic heterocycles. The zero-order chi connectivity index (χ0) is 20.3. The third kappa shape index (κ3) is 3.93. The highest BCUT2D eigenvalue weighted by atomic mass is 16.6. The second kappa shape index (κ2) is 7.78. The third-order valence-electron chi connectivity index (χ3n) is 4.24. The summed E-state index contributed by atoms with van der Waals surface area (Å²) in [5.41, 5.74) is 3.68. The molecule has 0 bridgehead atoms. The molecule has 9 heteroatoms. The van der Waals surface area contributed by atoms with E-state index in [9.17, 15) is 20.0 Å². The first kappa shape index (κ1) is 18.9. The van der Waals surface area contributed by atoms with Gasteiger partial charge in [-0.1, -0.05) is 6.07 Å². The number of carboxylic acid groups (broad SMARTS) is 1. The van der Waals surface area contributed by atoms with Crippen molar-refractivity contribution < 1.29 is 14.8 Å². The van der Waals surface area contributed by atoms with E-state index < -0.39 is 10.9 Å². The minimum absolute atomic E-state index is 0.105. The van der Waals surface area contributed by atoms with Gasteiger partial charge in [0.25, 0.3) is 5.69 Å². The molecule has 0 aliphatic rings. The van der Waals surface area contributed by atoms with Gasteiger partial charge in [-0.3, -0.25) is 10.1 Å². The smallest absolute Gasteiger partial charge is 0.335 e. The van der Waals surface area contributed by atoms with Gasteiger partial charge < -0.3 is 9.67 Å². The summed E-state index contributed by atoms with van der Waals surface area (Å²) in [5, 5.41) is 27.9. The molecule has 3 aromatic rings. The van der Waals surface area contributed by atoms with Crippen molar-refractivity contribution >= 4 is 17.5 Å². The van der Waals surface area contributed by atoms with Crippen LogP contribution >= 0.6 is 0 Å². The molecular weight excluding hydrogens is 362 g/mol. The number of rotatable bonds is 6. The first-order chi connectivity index (χ1) is 13.4. The van der Waals surface area contributed by atoms with Crippen molar-refractivity contribution in [2.75, 3.05) is 0 Å². The normalized spacial score (nSPS) is 11.1. The van der Waals surface area contributed by atoms with E-state index in [1.165, 1.54) is 12.1 Å². The summed E-state index contributed by atoms with van der Waals surface area (Å²) < 4.78 is 1.96. The van der Waals surface area contributed by atoms with E-state index in [2.05, 4.69) is 15.2 Å². The molecule has 0 aliphatic carbocycles. The highest BCUT2D eigenvalue weighted by Gasteiger charge is 2.12. The number of carboxylic acids is 1. The minimum atomic E-state index is -0.978. The van der Waals surface area contributed by atoms with Crippen LogP contribution in [0.4, 0.5) is 11.5 Å². The van der Waals surface area contributed by atoms with Gasteiger partial charge in [0, 0.05) is 23.1 Å². The molecule has 9 nitrogen and oxygen atoms in total. The van der Waals surface area contributed by atoms with Crippen LogP contribution in [0.1, 0.15) is 27.3 Å². The summed E-state index contributed by atoms with van der Waals surface area (Å²) >= 11 is 0. The van der Waals surface area contributed by atoms with E-state index >= 15 is 0 Å². The summed E-state index contributed by atoms with van der Waals surface area (Å²) in [4.78, 5) is 25.2. The molecule has 0 unspecified atom stereocenters. The first-order valence-electron chi connectivity index (χ1n) is 8.36. The number of hydrogen-bond acceptors (Lipinski definition) is 6. The van der Waals surface area contributed by atoms with Gasteiger partial charge in [0.15, 0.2) is 5.82 Å². The SMILES string of the molecule is Cc1cc(CN=Nc2ccc([N+](=O)[O-])cn2)c(C)n1-c1cccc(C(=O)O)c1. The second-order valence-electron chi connectivity index (χ2n) is 6.12. The summed E-state index contributed by atoms with van der Waals surface area (Å²) in [7, 11) is 0. The molecule has 2 aromatic heterocycles. The van der Waals surface area contributed by atoms with Crippen molar-refractivity contribution in [3.05, 3.63) is 81.3 Å². The number of aryl methyl sites for hydroxylation is 1.